The molecule has 1 aliphatic rings. The molecule has 0 radical (unpaired) electrons. The van der Waals surface area contributed by atoms with E-state index in [0.717, 1.165) is 58.0 Å². The molecule has 6 nitrogen and oxygen atoms in total. The summed E-state index contributed by atoms with van der Waals surface area (Å²) in [6, 6.07) is 10.4. The number of nitrogens with zero attached hydrogens (tertiary/aromatic N) is 4. The molecule has 1 aromatic carbocycles. The Labute approximate surface area is 187 Å². The minimum absolute atomic E-state index is 0.232. The van der Waals surface area contributed by atoms with Crippen molar-refractivity contribution in [3.8, 4) is 0 Å². The second kappa shape index (κ2) is 9.14. The van der Waals surface area contributed by atoms with Crippen molar-refractivity contribution in [3.63, 3.8) is 0 Å². The molecule has 162 valence electrons. The van der Waals surface area contributed by atoms with Crippen molar-refractivity contribution in [3.05, 3.63) is 63.5 Å². The number of aryl methyl sites for hydroxylation is 2. The summed E-state index contributed by atoms with van der Waals surface area (Å²) in [5, 5.41) is 4.29. The third kappa shape index (κ3) is 5.10. The third-order valence-electron chi connectivity index (χ3n) is 5.44. The molecule has 7 heteroatoms. The van der Waals surface area contributed by atoms with Gasteiger partial charge >= 0.3 is 0 Å². The number of carbonyl (C=O) groups is 1. The van der Waals surface area contributed by atoms with E-state index in [9.17, 15) is 4.79 Å². The molecule has 0 saturated carbocycles. The second-order valence-corrected chi connectivity index (χ2v) is 9.61. The van der Waals surface area contributed by atoms with Crippen LogP contribution in [-0.4, -0.2) is 32.3 Å². The first kappa shape index (κ1) is 21.4. The number of hydrogen-bond acceptors (Lipinski definition) is 6. The zero-order chi connectivity index (χ0) is 22.0. The van der Waals surface area contributed by atoms with Gasteiger partial charge in [-0.25, -0.2) is 15.0 Å². The molecular weight excluding hydrogens is 406 g/mol. The number of amides is 1. The molecule has 0 bridgehead atoms. The van der Waals surface area contributed by atoms with E-state index < -0.39 is 0 Å². The Morgan fingerprint density at radius 2 is 1.94 bits per heavy atom. The zero-order valence-corrected chi connectivity index (χ0v) is 19.4. The van der Waals surface area contributed by atoms with Gasteiger partial charge in [-0.1, -0.05) is 55.5 Å². The van der Waals surface area contributed by atoms with Crippen LogP contribution in [0.4, 0.5) is 10.9 Å². The summed E-state index contributed by atoms with van der Waals surface area (Å²) in [7, 11) is 0. The Hall–Kier alpha value is -2.80. The summed E-state index contributed by atoms with van der Waals surface area (Å²) in [6.45, 7) is 9.51. The highest BCUT2D eigenvalue weighted by Gasteiger charge is 2.25. The van der Waals surface area contributed by atoms with Gasteiger partial charge in [0, 0.05) is 41.9 Å². The van der Waals surface area contributed by atoms with Crippen LogP contribution in [0.2, 0.25) is 0 Å². The molecule has 3 aromatic rings. The Bertz CT molecular complexity index is 1080. The Morgan fingerprint density at radius 1 is 1.16 bits per heavy atom. The average molecular weight is 436 g/mol. The predicted octanol–water partition coefficient (Wildman–Crippen LogP) is 4.82. The lowest BCUT2D eigenvalue weighted by Crippen LogP contribution is -2.36. The number of aromatic nitrogens is 3. The lowest BCUT2D eigenvalue weighted by atomic mass is 10.0. The van der Waals surface area contributed by atoms with Gasteiger partial charge in [-0.2, -0.15) is 0 Å². The SMILES string of the molecule is Cc1nc(C)c(Cc2ccccc2)c(Nc2nc3c(s2)CN(C(=O)CC(C)C)CC3)n1. The number of thiazole rings is 1. The topological polar surface area (TPSA) is 71.0 Å². The van der Waals surface area contributed by atoms with Crippen molar-refractivity contribution < 1.29 is 4.79 Å². The maximum Gasteiger partial charge on any atom is 0.223 e. The van der Waals surface area contributed by atoms with Crippen LogP contribution >= 0.6 is 11.3 Å². The number of nitrogens with one attached hydrogen (secondary N) is 1. The summed E-state index contributed by atoms with van der Waals surface area (Å²) < 4.78 is 0. The molecule has 3 heterocycles. The van der Waals surface area contributed by atoms with E-state index in [2.05, 4.69) is 41.3 Å². The van der Waals surface area contributed by atoms with Crippen molar-refractivity contribution in [2.75, 3.05) is 11.9 Å². The number of benzene rings is 1. The predicted molar refractivity (Wildman–Crippen MR) is 125 cm³/mol. The van der Waals surface area contributed by atoms with Gasteiger partial charge in [0.25, 0.3) is 0 Å². The van der Waals surface area contributed by atoms with Crippen LogP contribution in [0.15, 0.2) is 30.3 Å². The maximum atomic E-state index is 12.5. The number of carbonyl (C=O) groups excluding carboxylic acids is 1. The molecule has 1 aliphatic heterocycles. The standard InChI is InChI=1S/C24H29N5OS/c1-15(2)12-22(30)29-11-10-20-21(14-29)31-24(27-20)28-23-19(16(3)25-17(4)26-23)13-18-8-6-5-7-9-18/h5-9,15H,10-14H2,1-4H3,(H,25,26,27,28). The van der Waals surface area contributed by atoms with Crippen molar-refractivity contribution in [1.82, 2.24) is 19.9 Å². The minimum Gasteiger partial charge on any atom is -0.337 e. The summed E-state index contributed by atoms with van der Waals surface area (Å²) in [6.07, 6.45) is 2.16. The first-order valence-electron chi connectivity index (χ1n) is 10.8. The highest BCUT2D eigenvalue weighted by Crippen LogP contribution is 2.32. The second-order valence-electron chi connectivity index (χ2n) is 8.52. The van der Waals surface area contributed by atoms with Gasteiger partial charge in [-0.3, -0.25) is 4.79 Å². The number of anilines is 2. The molecule has 1 N–H and O–H groups in total. The van der Waals surface area contributed by atoms with Gasteiger partial charge < -0.3 is 10.2 Å². The number of hydrogen-bond donors (Lipinski definition) is 1. The summed E-state index contributed by atoms with van der Waals surface area (Å²) in [4.78, 5) is 29.7. The van der Waals surface area contributed by atoms with E-state index in [0.29, 0.717) is 18.9 Å². The fourth-order valence-corrected chi connectivity index (χ4v) is 4.92. The highest BCUT2D eigenvalue weighted by molar-refractivity contribution is 7.15. The van der Waals surface area contributed by atoms with Crippen LogP contribution in [0, 0.1) is 19.8 Å². The number of rotatable bonds is 6. The molecule has 31 heavy (non-hydrogen) atoms. The molecule has 4 rings (SSSR count). The van der Waals surface area contributed by atoms with Crippen LogP contribution in [0.1, 0.15) is 53.5 Å². The lowest BCUT2D eigenvalue weighted by Gasteiger charge is -2.26. The van der Waals surface area contributed by atoms with Gasteiger partial charge in [0.1, 0.15) is 11.6 Å². The lowest BCUT2D eigenvalue weighted by molar-refractivity contribution is -0.132. The first-order valence-corrected chi connectivity index (χ1v) is 11.6. The molecule has 0 atom stereocenters. The fourth-order valence-electron chi connectivity index (χ4n) is 3.89. The van der Waals surface area contributed by atoms with E-state index in [1.807, 2.05) is 36.9 Å². The maximum absolute atomic E-state index is 12.5. The Kier molecular flexibility index (Phi) is 6.32. The molecule has 1 amide bonds. The molecule has 0 spiro atoms. The Balaban J connectivity index is 1.56. The van der Waals surface area contributed by atoms with E-state index >= 15 is 0 Å². The monoisotopic (exact) mass is 435 g/mol. The largest absolute Gasteiger partial charge is 0.337 e. The smallest absolute Gasteiger partial charge is 0.223 e. The van der Waals surface area contributed by atoms with Gasteiger partial charge in [-0.15, -0.1) is 0 Å². The fraction of sp³-hybridized carbons (Fsp3) is 0.417. The molecular formula is C24H29N5OS. The van der Waals surface area contributed by atoms with Gasteiger partial charge in [0.05, 0.1) is 12.2 Å². The quantitative estimate of drug-likeness (QED) is 0.601. The van der Waals surface area contributed by atoms with E-state index in [1.165, 1.54) is 5.56 Å². The summed E-state index contributed by atoms with van der Waals surface area (Å²) >= 11 is 1.62. The van der Waals surface area contributed by atoms with Gasteiger partial charge in [0.15, 0.2) is 5.13 Å². The van der Waals surface area contributed by atoms with Crippen molar-refractivity contribution >= 4 is 28.2 Å². The van der Waals surface area contributed by atoms with Crippen LogP contribution in [-0.2, 0) is 24.2 Å². The van der Waals surface area contributed by atoms with Crippen LogP contribution in [0.5, 0.6) is 0 Å². The Morgan fingerprint density at radius 3 is 2.68 bits per heavy atom. The van der Waals surface area contributed by atoms with Crippen LogP contribution in [0.3, 0.4) is 0 Å². The zero-order valence-electron chi connectivity index (χ0n) is 18.6. The minimum atomic E-state index is 0.232. The average Bonchev–Trinajstić information content (AvgIpc) is 3.12. The first-order chi connectivity index (χ1) is 14.9. The van der Waals surface area contributed by atoms with Crippen molar-refractivity contribution in [2.45, 2.75) is 53.5 Å². The summed E-state index contributed by atoms with van der Waals surface area (Å²) in [5.74, 6) is 2.16. The summed E-state index contributed by atoms with van der Waals surface area (Å²) in [5.41, 5.74) is 4.37. The van der Waals surface area contributed by atoms with E-state index in [4.69, 9.17) is 4.98 Å². The van der Waals surface area contributed by atoms with Gasteiger partial charge in [0.2, 0.25) is 5.91 Å². The molecule has 2 aromatic heterocycles. The molecule has 0 aliphatic carbocycles. The van der Waals surface area contributed by atoms with Gasteiger partial charge in [-0.05, 0) is 25.3 Å². The van der Waals surface area contributed by atoms with E-state index in [1.54, 1.807) is 11.3 Å². The molecule has 0 saturated heterocycles. The van der Waals surface area contributed by atoms with Crippen LogP contribution < -0.4 is 5.32 Å². The van der Waals surface area contributed by atoms with E-state index in [-0.39, 0.29) is 5.91 Å². The third-order valence-corrected chi connectivity index (χ3v) is 6.44. The van der Waals surface area contributed by atoms with Crippen LogP contribution in [0.25, 0.3) is 0 Å². The number of fused-ring (bicyclic) bond motifs is 1. The van der Waals surface area contributed by atoms with Crippen molar-refractivity contribution in [2.24, 2.45) is 5.92 Å². The molecule has 0 fully saturated rings. The normalized spacial score (nSPS) is 13.4. The van der Waals surface area contributed by atoms with Crippen molar-refractivity contribution in [1.29, 1.82) is 0 Å². The highest BCUT2D eigenvalue weighted by atomic mass is 32.1. The molecule has 0 unspecified atom stereocenters.